The maximum Gasteiger partial charge on any atom is 0.252 e. The maximum absolute atomic E-state index is 12.4. The first-order valence-electron chi connectivity index (χ1n) is 7.10. The Labute approximate surface area is 133 Å². The van der Waals surface area contributed by atoms with Gasteiger partial charge in [-0.05, 0) is 30.3 Å². The van der Waals surface area contributed by atoms with Gasteiger partial charge in [0.2, 0.25) is 0 Å². The zero-order valence-corrected chi connectivity index (χ0v) is 12.2. The standard InChI is InChI=1S/C18H14N2O3/c21-12-14-8-9-17(23-14)15-6-1-2-7-16(15)18(22)20-11-13-5-3-4-10-19-13/h1-10,12H,11H2,(H,20,22). The number of carbonyl (C=O) groups excluding carboxylic acids is 2. The molecule has 2 aromatic heterocycles. The average Bonchev–Trinajstić information content (AvgIpc) is 3.09. The van der Waals surface area contributed by atoms with Crippen molar-refractivity contribution in [3.8, 4) is 11.3 Å². The van der Waals surface area contributed by atoms with Gasteiger partial charge in [-0.3, -0.25) is 14.6 Å². The van der Waals surface area contributed by atoms with Crippen LogP contribution in [-0.2, 0) is 6.54 Å². The van der Waals surface area contributed by atoms with E-state index in [9.17, 15) is 9.59 Å². The van der Waals surface area contributed by atoms with Crippen LogP contribution >= 0.6 is 0 Å². The van der Waals surface area contributed by atoms with E-state index in [0.717, 1.165) is 5.69 Å². The molecular weight excluding hydrogens is 292 g/mol. The largest absolute Gasteiger partial charge is 0.453 e. The number of nitrogens with one attached hydrogen (secondary N) is 1. The topological polar surface area (TPSA) is 72.2 Å². The zero-order valence-electron chi connectivity index (χ0n) is 12.2. The molecule has 0 radical (unpaired) electrons. The van der Waals surface area contributed by atoms with Crippen molar-refractivity contribution in [1.29, 1.82) is 0 Å². The molecule has 0 aliphatic heterocycles. The van der Waals surface area contributed by atoms with Crippen molar-refractivity contribution < 1.29 is 14.0 Å². The molecule has 1 aromatic carbocycles. The minimum atomic E-state index is -0.227. The third-order valence-electron chi connectivity index (χ3n) is 3.34. The summed E-state index contributed by atoms with van der Waals surface area (Å²) in [6.07, 6.45) is 2.31. The van der Waals surface area contributed by atoms with Gasteiger partial charge in [0.1, 0.15) is 5.76 Å². The highest BCUT2D eigenvalue weighted by molar-refractivity contribution is 6.00. The predicted octanol–water partition coefficient (Wildman–Crippen LogP) is 3.08. The third-order valence-corrected chi connectivity index (χ3v) is 3.34. The van der Waals surface area contributed by atoms with Crippen molar-refractivity contribution in [3.05, 3.63) is 77.8 Å². The lowest BCUT2D eigenvalue weighted by atomic mass is 10.0. The highest BCUT2D eigenvalue weighted by atomic mass is 16.3. The Bertz CT molecular complexity index is 825. The van der Waals surface area contributed by atoms with Crippen molar-refractivity contribution >= 4 is 12.2 Å². The second-order valence-electron chi connectivity index (χ2n) is 4.87. The Kier molecular flexibility index (Phi) is 4.29. The molecule has 0 saturated carbocycles. The fourth-order valence-corrected chi connectivity index (χ4v) is 2.23. The van der Waals surface area contributed by atoms with Gasteiger partial charge in [-0.2, -0.15) is 0 Å². The van der Waals surface area contributed by atoms with Crippen LogP contribution in [0, 0.1) is 0 Å². The molecule has 0 atom stereocenters. The molecule has 0 spiro atoms. The Balaban J connectivity index is 1.82. The second-order valence-corrected chi connectivity index (χ2v) is 4.87. The average molecular weight is 306 g/mol. The molecular formula is C18H14N2O3. The molecule has 3 rings (SSSR count). The molecule has 0 aliphatic rings. The van der Waals surface area contributed by atoms with Crippen molar-refractivity contribution in [3.63, 3.8) is 0 Å². The van der Waals surface area contributed by atoms with Gasteiger partial charge in [0, 0.05) is 11.8 Å². The van der Waals surface area contributed by atoms with Crippen molar-refractivity contribution in [2.75, 3.05) is 0 Å². The van der Waals surface area contributed by atoms with E-state index in [1.54, 1.807) is 36.5 Å². The molecule has 0 bridgehead atoms. The Morgan fingerprint density at radius 1 is 1.09 bits per heavy atom. The number of aromatic nitrogens is 1. The fourth-order valence-electron chi connectivity index (χ4n) is 2.23. The van der Waals surface area contributed by atoms with Crippen LogP contribution < -0.4 is 5.32 Å². The lowest BCUT2D eigenvalue weighted by Crippen LogP contribution is -2.23. The van der Waals surface area contributed by atoms with Crippen LogP contribution in [0.4, 0.5) is 0 Å². The summed E-state index contributed by atoms with van der Waals surface area (Å²) in [5.41, 5.74) is 1.90. The first kappa shape index (κ1) is 14.7. The zero-order chi connectivity index (χ0) is 16.1. The molecule has 5 nitrogen and oxygen atoms in total. The van der Waals surface area contributed by atoms with Gasteiger partial charge in [-0.15, -0.1) is 0 Å². The van der Waals surface area contributed by atoms with E-state index in [-0.39, 0.29) is 11.7 Å². The summed E-state index contributed by atoms with van der Waals surface area (Å²) in [6.45, 7) is 0.339. The van der Waals surface area contributed by atoms with Crippen LogP contribution in [0.25, 0.3) is 11.3 Å². The summed E-state index contributed by atoms with van der Waals surface area (Å²) in [4.78, 5) is 27.4. The number of hydrogen-bond donors (Lipinski definition) is 1. The Hall–Kier alpha value is -3.21. The number of carbonyl (C=O) groups is 2. The van der Waals surface area contributed by atoms with E-state index in [2.05, 4.69) is 10.3 Å². The Morgan fingerprint density at radius 3 is 2.65 bits per heavy atom. The van der Waals surface area contributed by atoms with Crippen molar-refractivity contribution in [2.45, 2.75) is 6.54 Å². The molecule has 0 aliphatic carbocycles. The minimum Gasteiger partial charge on any atom is -0.453 e. The number of benzene rings is 1. The molecule has 1 amide bonds. The van der Waals surface area contributed by atoms with E-state index in [1.807, 2.05) is 24.3 Å². The number of nitrogens with zero attached hydrogens (tertiary/aromatic N) is 1. The van der Waals surface area contributed by atoms with Gasteiger partial charge in [-0.1, -0.05) is 24.3 Å². The first-order valence-corrected chi connectivity index (χ1v) is 7.10. The molecule has 2 heterocycles. The lowest BCUT2D eigenvalue weighted by Gasteiger charge is -2.08. The summed E-state index contributed by atoms with van der Waals surface area (Å²) in [5.74, 6) is 0.481. The van der Waals surface area contributed by atoms with E-state index in [1.165, 1.54) is 0 Å². The second kappa shape index (κ2) is 6.70. The summed E-state index contributed by atoms with van der Waals surface area (Å²) >= 11 is 0. The summed E-state index contributed by atoms with van der Waals surface area (Å²) < 4.78 is 5.41. The molecule has 0 saturated heterocycles. The molecule has 1 N–H and O–H groups in total. The number of amides is 1. The predicted molar refractivity (Wildman–Crippen MR) is 84.9 cm³/mol. The summed E-state index contributed by atoms with van der Waals surface area (Å²) in [7, 11) is 0. The fraction of sp³-hybridized carbons (Fsp3) is 0.0556. The van der Waals surface area contributed by atoms with Crippen LogP contribution in [0.2, 0.25) is 0 Å². The summed E-state index contributed by atoms with van der Waals surface area (Å²) in [5, 5.41) is 2.83. The number of aldehydes is 1. The molecule has 3 aromatic rings. The SMILES string of the molecule is O=Cc1ccc(-c2ccccc2C(=O)NCc2ccccn2)o1. The number of furan rings is 1. The number of hydrogen-bond acceptors (Lipinski definition) is 4. The molecule has 23 heavy (non-hydrogen) atoms. The van der Waals surface area contributed by atoms with Crippen molar-refractivity contribution in [1.82, 2.24) is 10.3 Å². The van der Waals surface area contributed by atoms with Crippen LogP contribution in [-0.4, -0.2) is 17.2 Å². The van der Waals surface area contributed by atoms with E-state index < -0.39 is 0 Å². The summed E-state index contributed by atoms with van der Waals surface area (Å²) in [6, 6.07) is 15.9. The molecule has 5 heteroatoms. The van der Waals surface area contributed by atoms with Gasteiger partial charge in [-0.25, -0.2) is 0 Å². The number of pyridine rings is 1. The van der Waals surface area contributed by atoms with E-state index in [0.29, 0.717) is 29.7 Å². The van der Waals surface area contributed by atoms with Crippen LogP contribution in [0.3, 0.4) is 0 Å². The van der Waals surface area contributed by atoms with Gasteiger partial charge < -0.3 is 9.73 Å². The normalized spacial score (nSPS) is 10.3. The Morgan fingerprint density at radius 2 is 1.91 bits per heavy atom. The van der Waals surface area contributed by atoms with Crippen LogP contribution in [0.5, 0.6) is 0 Å². The number of rotatable bonds is 5. The first-order chi connectivity index (χ1) is 11.3. The van der Waals surface area contributed by atoms with Gasteiger partial charge in [0.05, 0.1) is 17.8 Å². The lowest BCUT2D eigenvalue weighted by molar-refractivity contribution is 0.0950. The minimum absolute atomic E-state index is 0.226. The maximum atomic E-state index is 12.4. The van der Waals surface area contributed by atoms with Crippen LogP contribution in [0.15, 0.2) is 65.2 Å². The van der Waals surface area contributed by atoms with E-state index in [4.69, 9.17) is 4.42 Å². The van der Waals surface area contributed by atoms with Crippen molar-refractivity contribution in [2.24, 2.45) is 0 Å². The molecule has 114 valence electrons. The third kappa shape index (κ3) is 3.35. The van der Waals surface area contributed by atoms with E-state index >= 15 is 0 Å². The van der Waals surface area contributed by atoms with Gasteiger partial charge in [0.25, 0.3) is 5.91 Å². The quantitative estimate of drug-likeness (QED) is 0.735. The highest BCUT2D eigenvalue weighted by Crippen LogP contribution is 2.25. The molecule has 0 fully saturated rings. The van der Waals surface area contributed by atoms with Gasteiger partial charge >= 0.3 is 0 Å². The smallest absolute Gasteiger partial charge is 0.252 e. The molecule has 0 unspecified atom stereocenters. The van der Waals surface area contributed by atoms with Gasteiger partial charge in [0.15, 0.2) is 12.0 Å². The highest BCUT2D eigenvalue weighted by Gasteiger charge is 2.14. The monoisotopic (exact) mass is 306 g/mol. The van der Waals surface area contributed by atoms with Crippen LogP contribution in [0.1, 0.15) is 26.6 Å².